The number of benzene rings is 1. The molecule has 150 valence electrons. The Morgan fingerprint density at radius 2 is 1.64 bits per heavy atom. The lowest BCUT2D eigenvalue weighted by atomic mass is 9.49. The minimum absolute atomic E-state index is 0.0695. The number of hydrogen-bond donors (Lipinski definition) is 1. The molecule has 1 aromatic carbocycles. The van der Waals surface area contributed by atoms with Crippen LogP contribution >= 0.6 is 0 Å². The van der Waals surface area contributed by atoms with E-state index >= 15 is 0 Å². The van der Waals surface area contributed by atoms with Gasteiger partial charge in [0.05, 0.1) is 5.41 Å². The molecule has 1 aliphatic heterocycles. The lowest BCUT2D eigenvalue weighted by Crippen LogP contribution is -2.57. The third-order valence-electron chi connectivity index (χ3n) is 7.69. The molecule has 1 N–H and O–H groups in total. The van der Waals surface area contributed by atoms with Crippen molar-refractivity contribution in [3.05, 3.63) is 35.6 Å². The fourth-order valence-electron chi connectivity index (χ4n) is 6.87. The third kappa shape index (κ3) is 3.13. The van der Waals surface area contributed by atoms with Gasteiger partial charge in [-0.1, -0.05) is 12.1 Å². The first-order valence-electron chi connectivity index (χ1n) is 10.9. The lowest BCUT2D eigenvalue weighted by Gasteiger charge is -2.56. The molecule has 4 nitrogen and oxygen atoms in total. The van der Waals surface area contributed by atoms with Gasteiger partial charge in [0.25, 0.3) is 0 Å². The molecular formula is C23H29FN2O2. The quantitative estimate of drug-likeness (QED) is 0.861. The Kier molecular flexibility index (Phi) is 4.44. The number of hydrogen-bond acceptors (Lipinski definition) is 2. The average Bonchev–Trinajstić information content (AvgIpc) is 3.15. The first kappa shape index (κ1) is 18.1. The van der Waals surface area contributed by atoms with Crippen LogP contribution < -0.4 is 5.32 Å². The fourth-order valence-corrected chi connectivity index (χ4v) is 6.87. The summed E-state index contributed by atoms with van der Waals surface area (Å²) >= 11 is 0. The van der Waals surface area contributed by atoms with Crippen LogP contribution in [0.2, 0.25) is 0 Å². The van der Waals surface area contributed by atoms with Gasteiger partial charge in [0.2, 0.25) is 11.8 Å². The highest BCUT2D eigenvalue weighted by Gasteiger charge is 2.56. The molecule has 0 aromatic heterocycles. The van der Waals surface area contributed by atoms with Gasteiger partial charge in [0, 0.05) is 13.1 Å². The van der Waals surface area contributed by atoms with Gasteiger partial charge in [-0.25, -0.2) is 4.39 Å². The topological polar surface area (TPSA) is 49.4 Å². The summed E-state index contributed by atoms with van der Waals surface area (Å²) in [5.41, 5.74) is 0.681. The summed E-state index contributed by atoms with van der Waals surface area (Å²) < 4.78 is 13.0. The van der Waals surface area contributed by atoms with Crippen LogP contribution in [0.3, 0.4) is 0 Å². The average molecular weight is 384 g/mol. The van der Waals surface area contributed by atoms with Gasteiger partial charge in [0.1, 0.15) is 11.9 Å². The SMILES string of the molecule is O=C(NCc1ccc(F)cc1)[C@H]1CCCN1C(=O)C12CC3CC(CC(C3)C1)C2. The number of likely N-dealkylation sites (tertiary alicyclic amines) is 1. The second-order valence-electron chi connectivity index (χ2n) is 9.70. The van der Waals surface area contributed by atoms with Gasteiger partial charge >= 0.3 is 0 Å². The van der Waals surface area contributed by atoms with Crippen molar-refractivity contribution in [1.29, 1.82) is 0 Å². The first-order valence-corrected chi connectivity index (χ1v) is 10.9. The number of carbonyl (C=O) groups is 2. The number of rotatable bonds is 4. The zero-order valence-corrected chi connectivity index (χ0v) is 16.3. The minimum atomic E-state index is -0.346. The van der Waals surface area contributed by atoms with E-state index in [2.05, 4.69) is 5.32 Å². The first-order chi connectivity index (χ1) is 13.5. The second-order valence-corrected chi connectivity index (χ2v) is 9.70. The molecule has 0 unspecified atom stereocenters. The Balaban J connectivity index is 1.26. The lowest BCUT2D eigenvalue weighted by molar-refractivity contribution is -0.160. The molecule has 28 heavy (non-hydrogen) atoms. The van der Waals surface area contributed by atoms with E-state index < -0.39 is 0 Å². The number of nitrogens with zero attached hydrogens (tertiary/aromatic N) is 1. The summed E-state index contributed by atoms with van der Waals surface area (Å²) in [6.07, 6.45) is 8.70. The molecule has 5 fully saturated rings. The number of carbonyl (C=O) groups excluding carboxylic acids is 2. The van der Waals surface area contributed by atoms with Crippen LogP contribution in [0.4, 0.5) is 4.39 Å². The van der Waals surface area contributed by atoms with Gasteiger partial charge < -0.3 is 10.2 Å². The van der Waals surface area contributed by atoms with E-state index in [0.717, 1.165) is 55.4 Å². The molecule has 4 saturated carbocycles. The highest BCUT2D eigenvalue weighted by molar-refractivity contribution is 5.91. The van der Waals surface area contributed by atoms with E-state index in [0.29, 0.717) is 13.1 Å². The Morgan fingerprint density at radius 1 is 1.04 bits per heavy atom. The smallest absolute Gasteiger partial charge is 0.243 e. The highest BCUT2D eigenvalue weighted by Crippen LogP contribution is 2.60. The van der Waals surface area contributed by atoms with Crippen LogP contribution in [0.15, 0.2) is 24.3 Å². The van der Waals surface area contributed by atoms with E-state index in [4.69, 9.17) is 0 Å². The van der Waals surface area contributed by atoms with Crippen LogP contribution in [-0.4, -0.2) is 29.3 Å². The van der Waals surface area contributed by atoms with Crippen LogP contribution in [0.1, 0.15) is 56.9 Å². The maximum atomic E-state index is 13.6. The van der Waals surface area contributed by atoms with Crippen molar-refractivity contribution in [3.8, 4) is 0 Å². The van der Waals surface area contributed by atoms with Gasteiger partial charge in [-0.05, 0) is 86.8 Å². The summed E-state index contributed by atoms with van der Waals surface area (Å²) in [6.45, 7) is 1.07. The van der Waals surface area contributed by atoms with Crippen molar-refractivity contribution in [2.24, 2.45) is 23.2 Å². The fraction of sp³-hybridized carbons (Fsp3) is 0.652. The molecule has 4 bridgehead atoms. The minimum Gasteiger partial charge on any atom is -0.350 e. The summed E-state index contributed by atoms with van der Waals surface area (Å²) in [4.78, 5) is 28.4. The zero-order chi connectivity index (χ0) is 19.3. The van der Waals surface area contributed by atoms with E-state index in [1.807, 2.05) is 4.90 Å². The van der Waals surface area contributed by atoms with Crippen LogP contribution in [0.25, 0.3) is 0 Å². The zero-order valence-electron chi connectivity index (χ0n) is 16.3. The summed E-state index contributed by atoms with van der Waals surface area (Å²) in [5, 5.41) is 2.96. The Morgan fingerprint density at radius 3 is 2.25 bits per heavy atom. The summed E-state index contributed by atoms with van der Waals surface area (Å²) in [5.74, 6) is 2.08. The maximum absolute atomic E-state index is 13.6. The van der Waals surface area contributed by atoms with Crippen molar-refractivity contribution < 1.29 is 14.0 Å². The van der Waals surface area contributed by atoms with Gasteiger partial charge in [-0.2, -0.15) is 0 Å². The molecule has 5 aliphatic rings. The van der Waals surface area contributed by atoms with Crippen molar-refractivity contribution in [2.45, 2.75) is 64.0 Å². The molecule has 6 rings (SSSR count). The van der Waals surface area contributed by atoms with Crippen molar-refractivity contribution in [3.63, 3.8) is 0 Å². The normalized spacial score (nSPS) is 36.0. The van der Waals surface area contributed by atoms with Gasteiger partial charge in [-0.15, -0.1) is 0 Å². The van der Waals surface area contributed by atoms with Gasteiger partial charge in [0.15, 0.2) is 0 Å². The number of halogens is 1. The molecule has 1 saturated heterocycles. The predicted molar refractivity (Wildman–Crippen MR) is 104 cm³/mol. The Bertz CT molecular complexity index is 740. The molecule has 2 amide bonds. The maximum Gasteiger partial charge on any atom is 0.243 e. The van der Waals surface area contributed by atoms with Crippen molar-refractivity contribution in [1.82, 2.24) is 10.2 Å². The van der Waals surface area contributed by atoms with Crippen LogP contribution in [-0.2, 0) is 16.1 Å². The Labute approximate surface area is 165 Å². The molecule has 1 aromatic rings. The number of nitrogens with one attached hydrogen (secondary N) is 1. The molecule has 1 heterocycles. The van der Waals surface area contributed by atoms with E-state index in [1.165, 1.54) is 31.4 Å². The monoisotopic (exact) mass is 384 g/mol. The van der Waals surface area contributed by atoms with E-state index in [9.17, 15) is 14.0 Å². The summed E-state index contributed by atoms with van der Waals surface area (Å²) in [6, 6.07) is 5.83. The summed E-state index contributed by atoms with van der Waals surface area (Å²) in [7, 11) is 0. The standard InChI is InChI=1S/C23H29FN2O2/c24-19-5-3-15(4-6-19)14-25-21(27)20-2-1-7-26(20)22(28)23-11-16-8-17(12-23)10-18(9-16)13-23/h3-6,16-18,20H,1-2,7-14H2,(H,25,27)/t16?,17?,18?,20-,23?/m1/s1. The highest BCUT2D eigenvalue weighted by atomic mass is 19.1. The number of amides is 2. The molecule has 5 heteroatoms. The Hall–Kier alpha value is -1.91. The van der Waals surface area contributed by atoms with Crippen molar-refractivity contribution in [2.75, 3.05) is 6.54 Å². The van der Waals surface area contributed by atoms with Crippen LogP contribution in [0, 0.1) is 29.0 Å². The van der Waals surface area contributed by atoms with Gasteiger partial charge in [-0.3, -0.25) is 9.59 Å². The molecule has 4 aliphatic carbocycles. The van der Waals surface area contributed by atoms with E-state index in [-0.39, 0.29) is 29.1 Å². The molecule has 0 spiro atoms. The van der Waals surface area contributed by atoms with Crippen molar-refractivity contribution >= 4 is 11.8 Å². The van der Waals surface area contributed by atoms with Crippen LogP contribution in [0.5, 0.6) is 0 Å². The third-order valence-corrected chi connectivity index (χ3v) is 7.69. The second kappa shape index (κ2) is 6.85. The predicted octanol–water partition coefficient (Wildman–Crippen LogP) is 3.65. The largest absolute Gasteiger partial charge is 0.350 e. The molecule has 1 atom stereocenters. The van der Waals surface area contributed by atoms with E-state index in [1.54, 1.807) is 12.1 Å². The molecular weight excluding hydrogens is 355 g/mol. The molecule has 0 radical (unpaired) electrons.